The van der Waals surface area contributed by atoms with E-state index in [2.05, 4.69) is 168 Å². The Kier molecular flexibility index (Phi) is 11.6. The molecular formula is C48H68N4. The molecule has 0 aliphatic heterocycles. The summed E-state index contributed by atoms with van der Waals surface area (Å²) in [6, 6.07) is 28.3. The molecule has 0 radical (unpaired) electrons. The Morgan fingerprint density at radius 3 is 1.04 bits per heavy atom. The third-order valence-electron chi connectivity index (χ3n) is 11.5. The van der Waals surface area contributed by atoms with E-state index in [-0.39, 0.29) is 33.7 Å². The molecule has 52 heavy (non-hydrogen) atoms. The molecular weight excluding hydrogens is 633 g/mol. The van der Waals surface area contributed by atoms with Crippen molar-refractivity contribution >= 4 is 0 Å². The second-order valence-electron chi connectivity index (χ2n) is 19.8. The first-order valence-electron chi connectivity index (χ1n) is 19.7. The van der Waals surface area contributed by atoms with Gasteiger partial charge in [-0.05, 0) is 106 Å². The van der Waals surface area contributed by atoms with Gasteiger partial charge in [-0.1, -0.05) is 144 Å². The fraction of sp³-hybridized carbons (Fsp3) is 0.542. The summed E-state index contributed by atoms with van der Waals surface area (Å²) in [6.07, 6.45) is 8.67. The molecule has 4 heteroatoms. The quantitative estimate of drug-likeness (QED) is 0.183. The molecule has 4 atom stereocenters. The molecule has 0 N–H and O–H groups in total. The average Bonchev–Trinajstić information content (AvgIpc) is 3.07. The Balaban J connectivity index is 1.66. The zero-order valence-corrected chi connectivity index (χ0v) is 35.0. The predicted molar refractivity (Wildman–Crippen MR) is 221 cm³/mol. The fourth-order valence-electron chi connectivity index (χ4n) is 8.08. The van der Waals surface area contributed by atoms with Crippen LogP contribution in [0.3, 0.4) is 0 Å². The van der Waals surface area contributed by atoms with Crippen LogP contribution in [-0.2, 0) is 21.7 Å². The SMILES string of the molecule is CN(C(c1cc(C(C)(C)C)cc(C(C)(C)C)c1)c1ccccn1)[C@H]1CCCC[C@@H]1N(C)C(c1cc(C(C)(C)C)cc(C(C)(C)C)c1)c1ccccn1. The van der Waals surface area contributed by atoms with Gasteiger partial charge in [-0.15, -0.1) is 0 Å². The molecule has 2 unspecified atom stereocenters. The summed E-state index contributed by atoms with van der Waals surface area (Å²) in [4.78, 5) is 15.5. The molecule has 2 heterocycles. The molecule has 1 fully saturated rings. The number of hydrogen-bond acceptors (Lipinski definition) is 4. The number of nitrogens with zero attached hydrogens (tertiary/aromatic N) is 4. The number of likely N-dealkylation sites (N-methyl/N-ethyl adjacent to an activating group) is 2. The first kappa shape index (κ1) is 39.9. The van der Waals surface area contributed by atoms with Crippen LogP contribution in [-0.4, -0.2) is 45.9 Å². The normalized spacial score (nSPS) is 18.8. The first-order chi connectivity index (χ1) is 24.2. The zero-order valence-electron chi connectivity index (χ0n) is 35.0. The van der Waals surface area contributed by atoms with Crippen molar-refractivity contribution in [3.8, 4) is 0 Å². The van der Waals surface area contributed by atoms with Crippen molar-refractivity contribution < 1.29 is 0 Å². The van der Waals surface area contributed by atoms with Crippen LogP contribution < -0.4 is 0 Å². The molecule has 4 nitrogen and oxygen atoms in total. The van der Waals surface area contributed by atoms with E-state index in [1.807, 2.05) is 24.5 Å². The van der Waals surface area contributed by atoms with Gasteiger partial charge in [0.15, 0.2) is 0 Å². The Morgan fingerprint density at radius 2 is 0.788 bits per heavy atom. The van der Waals surface area contributed by atoms with Crippen molar-refractivity contribution in [2.45, 2.75) is 155 Å². The lowest BCUT2D eigenvalue weighted by atomic mass is 9.77. The molecule has 280 valence electrons. The van der Waals surface area contributed by atoms with Crippen molar-refractivity contribution in [3.05, 3.63) is 130 Å². The first-order valence-corrected chi connectivity index (χ1v) is 19.7. The molecule has 2 aromatic carbocycles. The highest BCUT2D eigenvalue weighted by atomic mass is 15.3. The summed E-state index contributed by atoms with van der Waals surface area (Å²) >= 11 is 0. The van der Waals surface area contributed by atoms with Crippen LogP contribution in [0.2, 0.25) is 0 Å². The number of aromatic nitrogens is 2. The van der Waals surface area contributed by atoms with Crippen molar-refractivity contribution in [1.82, 2.24) is 19.8 Å². The minimum absolute atomic E-state index is 0.0219. The van der Waals surface area contributed by atoms with E-state index >= 15 is 0 Å². The van der Waals surface area contributed by atoms with E-state index in [0.29, 0.717) is 12.1 Å². The van der Waals surface area contributed by atoms with E-state index in [1.165, 1.54) is 46.2 Å². The molecule has 0 saturated heterocycles. The smallest absolute Gasteiger partial charge is 0.0777 e. The van der Waals surface area contributed by atoms with Gasteiger partial charge >= 0.3 is 0 Å². The second kappa shape index (κ2) is 15.2. The van der Waals surface area contributed by atoms with Gasteiger partial charge in [-0.3, -0.25) is 19.8 Å². The van der Waals surface area contributed by atoms with Crippen LogP contribution in [0.15, 0.2) is 85.2 Å². The third kappa shape index (κ3) is 9.05. The zero-order chi connectivity index (χ0) is 38.2. The van der Waals surface area contributed by atoms with E-state index in [4.69, 9.17) is 9.97 Å². The monoisotopic (exact) mass is 701 g/mol. The summed E-state index contributed by atoms with van der Waals surface area (Å²) in [7, 11) is 4.73. The standard InChI is InChI=1S/C48H68N4/c1-45(2,3)35-27-33(28-36(31-35)46(4,5)6)43(39-21-17-19-25-49-39)51(13)41-23-15-16-24-42(41)52(14)44(40-22-18-20-26-50-40)34-29-37(47(7,8)9)32-38(30-34)48(10,11)12/h17-22,25-32,41-44H,15-16,23-24H2,1-14H3/t41-,42-,43?,44?/m0/s1. The molecule has 1 aliphatic rings. The highest BCUT2D eigenvalue weighted by Gasteiger charge is 2.40. The lowest BCUT2D eigenvalue weighted by Gasteiger charge is -2.47. The maximum absolute atomic E-state index is 5.06. The Bertz CT molecular complexity index is 1570. The van der Waals surface area contributed by atoms with Gasteiger partial charge in [0, 0.05) is 24.5 Å². The molecule has 5 rings (SSSR count). The molecule has 0 spiro atoms. The number of rotatable bonds is 8. The van der Waals surface area contributed by atoms with Gasteiger partial charge in [0.1, 0.15) is 0 Å². The van der Waals surface area contributed by atoms with Crippen LogP contribution >= 0.6 is 0 Å². The van der Waals surface area contributed by atoms with Crippen molar-refractivity contribution in [2.24, 2.45) is 0 Å². The maximum atomic E-state index is 5.06. The Labute approximate surface area is 317 Å². The van der Waals surface area contributed by atoms with Crippen LogP contribution in [0.1, 0.15) is 166 Å². The highest BCUT2D eigenvalue weighted by Crippen LogP contribution is 2.42. The van der Waals surface area contributed by atoms with Gasteiger partial charge in [-0.25, -0.2) is 0 Å². The number of hydrogen-bond donors (Lipinski definition) is 0. The van der Waals surface area contributed by atoms with Crippen LogP contribution in [0.25, 0.3) is 0 Å². The summed E-state index contributed by atoms with van der Waals surface area (Å²) in [5.74, 6) is 0. The number of benzene rings is 2. The summed E-state index contributed by atoms with van der Waals surface area (Å²) < 4.78 is 0. The largest absolute Gasteiger partial charge is 0.290 e. The topological polar surface area (TPSA) is 32.3 Å². The highest BCUT2D eigenvalue weighted by molar-refractivity contribution is 5.43. The molecule has 1 saturated carbocycles. The van der Waals surface area contributed by atoms with Gasteiger partial charge in [0.25, 0.3) is 0 Å². The summed E-state index contributed by atoms with van der Waals surface area (Å²) in [5, 5.41) is 0. The van der Waals surface area contributed by atoms with Gasteiger partial charge < -0.3 is 0 Å². The average molecular weight is 701 g/mol. The maximum Gasteiger partial charge on any atom is 0.0777 e. The predicted octanol–water partition coefficient (Wildman–Crippen LogP) is 11.7. The lowest BCUT2D eigenvalue weighted by molar-refractivity contribution is 0.0448. The molecule has 0 amide bonds. The van der Waals surface area contributed by atoms with E-state index < -0.39 is 0 Å². The summed E-state index contributed by atoms with van der Waals surface area (Å²) in [6.45, 7) is 28.0. The van der Waals surface area contributed by atoms with Crippen LogP contribution in [0.4, 0.5) is 0 Å². The van der Waals surface area contributed by atoms with Crippen molar-refractivity contribution in [2.75, 3.05) is 14.1 Å². The molecule has 1 aliphatic carbocycles. The second-order valence-corrected chi connectivity index (χ2v) is 19.8. The number of pyridine rings is 2. The molecule has 2 aromatic heterocycles. The van der Waals surface area contributed by atoms with Gasteiger partial charge in [0.05, 0.1) is 23.5 Å². The lowest BCUT2D eigenvalue weighted by Crippen LogP contribution is -2.53. The minimum Gasteiger partial charge on any atom is -0.290 e. The van der Waals surface area contributed by atoms with Crippen LogP contribution in [0, 0.1) is 0 Å². The van der Waals surface area contributed by atoms with E-state index in [1.54, 1.807) is 0 Å². The minimum atomic E-state index is 0.0219. The molecule has 0 bridgehead atoms. The van der Waals surface area contributed by atoms with Crippen molar-refractivity contribution in [3.63, 3.8) is 0 Å². The third-order valence-corrected chi connectivity index (χ3v) is 11.5. The summed E-state index contributed by atoms with van der Waals surface area (Å²) in [5.41, 5.74) is 10.5. The van der Waals surface area contributed by atoms with Gasteiger partial charge in [-0.2, -0.15) is 0 Å². The molecule has 4 aromatic rings. The van der Waals surface area contributed by atoms with Crippen LogP contribution in [0.5, 0.6) is 0 Å². The van der Waals surface area contributed by atoms with E-state index in [0.717, 1.165) is 24.2 Å². The van der Waals surface area contributed by atoms with Crippen molar-refractivity contribution in [1.29, 1.82) is 0 Å². The Hall–Kier alpha value is -3.34. The van der Waals surface area contributed by atoms with E-state index in [9.17, 15) is 0 Å². The Morgan fingerprint density at radius 1 is 0.481 bits per heavy atom. The van der Waals surface area contributed by atoms with Gasteiger partial charge in [0.2, 0.25) is 0 Å². The fourth-order valence-corrected chi connectivity index (χ4v) is 8.08.